The van der Waals surface area contributed by atoms with Crippen molar-refractivity contribution in [3.63, 3.8) is 0 Å². The van der Waals surface area contributed by atoms with Crippen molar-refractivity contribution < 1.29 is 17.9 Å². The van der Waals surface area contributed by atoms with Gasteiger partial charge in [-0.1, -0.05) is 0 Å². The second-order valence-electron chi connectivity index (χ2n) is 7.38. The molecule has 0 saturated carbocycles. The zero-order valence-electron chi connectivity index (χ0n) is 17.5. The Morgan fingerprint density at radius 2 is 1.85 bits per heavy atom. The summed E-state index contributed by atoms with van der Waals surface area (Å²) in [6.45, 7) is 0.884. The molecule has 4 heterocycles. The maximum absolute atomic E-state index is 12.7. The summed E-state index contributed by atoms with van der Waals surface area (Å²) in [6, 6.07) is 6.09. The number of pyridine rings is 1. The standard InChI is InChI=1S/C21H17F3N8O2/c22-21(23,24)13-10-28-20(29-11-13)31-5-3-16(4-6-31)34-18-7-19(33)32(30-17(18)9-26)15-2-1-14(8-25)27-12-15/h1-2,7,9-12,16,26H,3-6H2. The fourth-order valence-electron chi connectivity index (χ4n) is 3.39. The molecule has 0 aliphatic carbocycles. The smallest absolute Gasteiger partial charge is 0.419 e. The van der Waals surface area contributed by atoms with E-state index in [2.05, 4.69) is 20.1 Å². The highest BCUT2D eigenvalue weighted by molar-refractivity contribution is 5.78. The molecular weight excluding hydrogens is 453 g/mol. The Hall–Kier alpha value is -4.34. The van der Waals surface area contributed by atoms with Gasteiger partial charge >= 0.3 is 6.18 Å². The maximum atomic E-state index is 12.7. The second kappa shape index (κ2) is 9.26. The van der Waals surface area contributed by atoms with Crippen LogP contribution in [0.3, 0.4) is 0 Å². The average Bonchev–Trinajstić information content (AvgIpc) is 2.84. The molecule has 4 rings (SSSR count). The number of hydrogen-bond acceptors (Lipinski definition) is 9. The van der Waals surface area contributed by atoms with Gasteiger partial charge in [0.05, 0.1) is 17.4 Å². The van der Waals surface area contributed by atoms with Gasteiger partial charge < -0.3 is 15.0 Å². The molecule has 34 heavy (non-hydrogen) atoms. The molecule has 0 spiro atoms. The minimum Gasteiger partial charge on any atom is -0.488 e. The van der Waals surface area contributed by atoms with Gasteiger partial charge in [-0.15, -0.1) is 0 Å². The van der Waals surface area contributed by atoms with Gasteiger partial charge in [-0.05, 0) is 12.1 Å². The Morgan fingerprint density at radius 3 is 2.41 bits per heavy atom. The Labute approximate surface area is 190 Å². The van der Waals surface area contributed by atoms with Crippen LogP contribution in [0.2, 0.25) is 0 Å². The summed E-state index contributed by atoms with van der Waals surface area (Å²) in [6.07, 6.45) is 0.0301. The average molecular weight is 470 g/mol. The minimum atomic E-state index is -4.50. The molecule has 1 saturated heterocycles. The fraction of sp³-hybridized carbons (Fsp3) is 0.286. The number of nitrogens with one attached hydrogen (secondary N) is 1. The van der Waals surface area contributed by atoms with Gasteiger partial charge in [-0.25, -0.2) is 15.0 Å². The molecular formula is C21H17F3N8O2. The van der Waals surface area contributed by atoms with E-state index in [1.807, 2.05) is 6.07 Å². The predicted octanol–water partition coefficient (Wildman–Crippen LogP) is 2.35. The number of alkyl halides is 3. The van der Waals surface area contributed by atoms with E-state index < -0.39 is 17.3 Å². The first-order chi connectivity index (χ1) is 16.3. The van der Waals surface area contributed by atoms with Crippen molar-refractivity contribution in [1.82, 2.24) is 24.7 Å². The zero-order valence-corrected chi connectivity index (χ0v) is 17.5. The summed E-state index contributed by atoms with van der Waals surface area (Å²) in [7, 11) is 0. The summed E-state index contributed by atoms with van der Waals surface area (Å²) >= 11 is 0. The van der Waals surface area contributed by atoms with E-state index >= 15 is 0 Å². The fourth-order valence-corrected chi connectivity index (χ4v) is 3.39. The number of aromatic nitrogens is 5. The first-order valence-corrected chi connectivity index (χ1v) is 10.1. The molecule has 3 aromatic heterocycles. The zero-order chi connectivity index (χ0) is 24.3. The summed E-state index contributed by atoms with van der Waals surface area (Å²) in [5.74, 6) is 0.356. The molecule has 0 aromatic carbocycles. The summed E-state index contributed by atoms with van der Waals surface area (Å²) < 4.78 is 45.1. The van der Waals surface area contributed by atoms with E-state index in [9.17, 15) is 18.0 Å². The molecule has 1 N–H and O–H groups in total. The summed E-state index contributed by atoms with van der Waals surface area (Å²) in [5, 5.41) is 20.7. The molecule has 10 nitrogen and oxygen atoms in total. The van der Waals surface area contributed by atoms with E-state index in [0.717, 1.165) is 23.3 Å². The van der Waals surface area contributed by atoms with Crippen LogP contribution in [-0.4, -0.2) is 50.1 Å². The summed E-state index contributed by atoms with van der Waals surface area (Å²) in [5.41, 5.74) is -0.742. The number of ether oxygens (including phenoxy) is 1. The number of piperidine rings is 1. The summed E-state index contributed by atoms with van der Waals surface area (Å²) in [4.78, 5) is 25.9. The lowest BCUT2D eigenvalue weighted by Crippen LogP contribution is -2.39. The van der Waals surface area contributed by atoms with Crippen LogP contribution in [0.4, 0.5) is 19.1 Å². The maximum Gasteiger partial charge on any atom is 0.419 e. The molecule has 0 bridgehead atoms. The monoisotopic (exact) mass is 470 g/mol. The molecule has 174 valence electrons. The van der Waals surface area contributed by atoms with Crippen LogP contribution in [0.15, 0.2) is 41.6 Å². The third-order valence-corrected chi connectivity index (χ3v) is 5.15. The lowest BCUT2D eigenvalue weighted by molar-refractivity contribution is -0.138. The van der Waals surface area contributed by atoms with Crippen molar-refractivity contribution in [1.29, 1.82) is 10.7 Å². The Morgan fingerprint density at radius 1 is 1.15 bits per heavy atom. The lowest BCUT2D eigenvalue weighted by atomic mass is 10.1. The highest BCUT2D eigenvalue weighted by Crippen LogP contribution is 2.29. The number of nitrogens with zero attached hydrogens (tertiary/aromatic N) is 7. The van der Waals surface area contributed by atoms with Gasteiger partial charge in [0.2, 0.25) is 5.95 Å². The third-order valence-electron chi connectivity index (χ3n) is 5.15. The van der Waals surface area contributed by atoms with Gasteiger partial charge in [0.1, 0.15) is 23.6 Å². The van der Waals surface area contributed by atoms with E-state index in [0.29, 0.717) is 31.6 Å². The van der Waals surface area contributed by atoms with E-state index in [4.69, 9.17) is 15.4 Å². The third kappa shape index (κ3) is 4.85. The molecule has 0 unspecified atom stereocenters. The number of nitriles is 1. The van der Waals surface area contributed by atoms with E-state index in [1.54, 1.807) is 4.90 Å². The number of rotatable bonds is 5. The van der Waals surface area contributed by atoms with Gasteiger partial charge in [-0.2, -0.15) is 28.2 Å². The van der Waals surface area contributed by atoms with Gasteiger partial charge in [0.25, 0.3) is 5.56 Å². The van der Waals surface area contributed by atoms with Crippen molar-refractivity contribution in [3.8, 4) is 17.5 Å². The molecule has 0 amide bonds. The normalized spacial score (nSPS) is 14.5. The van der Waals surface area contributed by atoms with Crippen molar-refractivity contribution in [2.75, 3.05) is 18.0 Å². The van der Waals surface area contributed by atoms with Crippen LogP contribution < -0.4 is 15.2 Å². The molecule has 13 heteroatoms. The van der Waals surface area contributed by atoms with Crippen molar-refractivity contribution in [3.05, 3.63) is 64.1 Å². The van der Waals surface area contributed by atoms with Gasteiger partial charge in [-0.3, -0.25) is 4.79 Å². The number of hydrogen-bond donors (Lipinski definition) is 1. The highest BCUT2D eigenvalue weighted by Gasteiger charge is 2.32. The molecule has 0 atom stereocenters. The van der Waals surface area contributed by atoms with E-state index in [1.165, 1.54) is 24.4 Å². The van der Waals surface area contributed by atoms with Crippen LogP contribution in [0.1, 0.15) is 29.8 Å². The largest absolute Gasteiger partial charge is 0.488 e. The highest BCUT2D eigenvalue weighted by atomic mass is 19.4. The van der Waals surface area contributed by atoms with Crippen LogP contribution in [-0.2, 0) is 6.18 Å². The van der Waals surface area contributed by atoms with Crippen molar-refractivity contribution in [2.24, 2.45) is 0 Å². The predicted molar refractivity (Wildman–Crippen MR) is 113 cm³/mol. The second-order valence-corrected chi connectivity index (χ2v) is 7.38. The van der Waals surface area contributed by atoms with Crippen LogP contribution >= 0.6 is 0 Å². The topological polar surface area (TPSA) is 134 Å². The van der Waals surface area contributed by atoms with E-state index in [-0.39, 0.29) is 29.2 Å². The SMILES string of the molecule is N#Cc1ccc(-n2nc(C=N)c(OC3CCN(c4ncc(C(F)(F)F)cn4)CC3)cc2=O)cn1. The van der Waals surface area contributed by atoms with Gasteiger partial charge in [0.15, 0.2) is 5.75 Å². The lowest BCUT2D eigenvalue weighted by Gasteiger charge is -2.32. The number of halogens is 3. The molecule has 0 radical (unpaired) electrons. The minimum absolute atomic E-state index is 0.137. The Kier molecular flexibility index (Phi) is 6.22. The molecule has 1 aliphatic rings. The van der Waals surface area contributed by atoms with Crippen LogP contribution in [0.25, 0.3) is 5.69 Å². The van der Waals surface area contributed by atoms with Gasteiger partial charge in [0, 0.05) is 50.6 Å². The molecule has 1 fully saturated rings. The van der Waals surface area contributed by atoms with Crippen molar-refractivity contribution >= 4 is 12.2 Å². The molecule has 1 aliphatic heterocycles. The van der Waals surface area contributed by atoms with Crippen molar-refractivity contribution in [2.45, 2.75) is 25.1 Å². The quantitative estimate of drug-likeness (QED) is 0.562. The van der Waals surface area contributed by atoms with Crippen LogP contribution in [0.5, 0.6) is 5.75 Å². The Balaban J connectivity index is 1.44. The first kappa shape index (κ1) is 22.8. The Bertz CT molecular complexity index is 1280. The number of anilines is 1. The van der Waals surface area contributed by atoms with Crippen LogP contribution in [0, 0.1) is 16.7 Å². The molecule has 3 aromatic rings. The first-order valence-electron chi connectivity index (χ1n) is 10.1.